The third kappa shape index (κ3) is 3.10. The Kier molecular flexibility index (Phi) is 4.35. The molecule has 0 aromatic carbocycles. The lowest BCUT2D eigenvalue weighted by atomic mass is 10.2. The van der Waals surface area contributed by atoms with Crippen LogP contribution >= 0.6 is 11.8 Å². The summed E-state index contributed by atoms with van der Waals surface area (Å²) in [5.41, 5.74) is 0.790. The molecule has 6 nitrogen and oxygen atoms in total. The second kappa shape index (κ2) is 6.26. The first-order chi connectivity index (χ1) is 10.5. The lowest BCUT2D eigenvalue weighted by Gasteiger charge is -2.36. The first kappa shape index (κ1) is 15.3. The van der Waals surface area contributed by atoms with Crippen LogP contribution in [0.25, 0.3) is 5.65 Å². The number of rotatable bonds is 3. The van der Waals surface area contributed by atoms with Gasteiger partial charge in [0.05, 0.1) is 17.5 Å². The number of amides is 1. The highest BCUT2D eigenvalue weighted by molar-refractivity contribution is 8.00. The van der Waals surface area contributed by atoms with E-state index in [0.717, 1.165) is 10.8 Å². The van der Waals surface area contributed by atoms with E-state index in [2.05, 4.69) is 10.2 Å². The van der Waals surface area contributed by atoms with E-state index in [0.29, 0.717) is 13.1 Å². The first-order valence-corrected chi connectivity index (χ1v) is 8.33. The van der Waals surface area contributed by atoms with Crippen LogP contribution in [-0.4, -0.2) is 56.0 Å². The van der Waals surface area contributed by atoms with Crippen LogP contribution < -0.4 is 0 Å². The van der Waals surface area contributed by atoms with E-state index in [1.54, 1.807) is 0 Å². The minimum Gasteiger partial charge on any atom is -0.372 e. The maximum Gasteiger partial charge on any atom is 0.236 e. The number of carbonyl (C=O) groups excluding carboxylic acids is 1. The van der Waals surface area contributed by atoms with Crippen LogP contribution in [0.3, 0.4) is 0 Å². The van der Waals surface area contributed by atoms with Crippen LogP contribution in [0.5, 0.6) is 0 Å². The van der Waals surface area contributed by atoms with Gasteiger partial charge in [-0.1, -0.05) is 17.8 Å². The average molecular weight is 320 g/mol. The van der Waals surface area contributed by atoms with Crippen LogP contribution in [0.4, 0.5) is 0 Å². The van der Waals surface area contributed by atoms with Gasteiger partial charge in [-0.25, -0.2) is 0 Å². The maximum atomic E-state index is 12.6. The van der Waals surface area contributed by atoms with Crippen molar-refractivity contribution in [2.24, 2.45) is 0 Å². The standard InChI is InChI=1S/C15H20N4O2S/c1-10-8-18(9-11(2)21-10)14(20)12(3)22-15-17-16-13-6-4-5-7-19(13)15/h4-7,10-12H,8-9H2,1-3H3/t10-,11+,12-/m0/s1. The monoisotopic (exact) mass is 320 g/mol. The summed E-state index contributed by atoms with van der Waals surface area (Å²) in [6.07, 6.45) is 2.07. The van der Waals surface area contributed by atoms with E-state index in [9.17, 15) is 4.79 Å². The lowest BCUT2D eigenvalue weighted by molar-refractivity contribution is -0.142. The van der Waals surface area contributed by atoms with E-state index >= 15 is 0 Å². The van der Waals surface area contributed by atoms with Gasteiger partial charge in [0, 0.05) is 19.3 Å². The summed E-state index contributed by atoms with van der Waals surface area (Å²) in [7, 11) is 0. The molecule has 0 aliphatic carbocycles. The number of morpholine rings is 1. The number of ether oxygens (including phenoxy) is 1. The number of carbonyl (C=O) groups is 1. The fraction of sp³-hybridized carbons (Fsp3) is 0.533. The first-order valence-electron chi connectivity index (χ1n) is 7.45. The Balaban J connectivity index is 1.71. The molecule has 0 unspecified atom stereocenters. The molecule has 1 aliphatic heterocycles. The number of pyridine rings is 1. The molecule has 2 aromatic rings. The number of aromatic nitrogens is 3. The molecule has 2 aromatic heterocycles. The minimum atomic E-state index is -0.204. The Morgan fingerprint density at radius 1 is 1.32 bits per heavy atom. The van der Waals surface area contributed by atoms with Gasteiger partial charge in [0.15, 0.2) is 10.8 Å². The molecule has 0 radical (unpaired) electrons. The van der Waals surface area contributed by atoms with Gasteiger partial charge in [-0.05, 0) is 32.9 Å². The van der Waals surface area contributed by atoms with E-state index in [1.807, 2.05) is 54.5 Å². The number of hydrogen-bond donors (Lipinski definition) is 0. The highest BCUT2D eigenvalue weighted by Crippen LogP contribution is 2.24. The smallest absolute Gasteiger partial charge is 0.236 e. The normalized spacial score (nSPS) is 23.7. The molecular formula is C15H20N4O2S. The van der Waals surface area contributed by atoms with Crippen molar-refractivity contribution in [3.63, 3.8) is 0 Å². The largest absolute Gasteiger partial charge is 0.372 e. The predicted molar refractivity (Wildman–Crippen MR) is 84.9 cm³/mol. The van der Waals surface area contributed by atoms with Crippen LogP contribution in [-0.2, 0) is 9.53 Å². The van der Waals surface area contributed by atoms with Crippen molar-refractivity contribution in [2.45, 2.75) is 43.4 Å². The summed E-state index contributed by atoms with van der Waals surface area (Å²) < 4.78 is 7.58. The van der Waals surface area contributed by atoms with Crippen LogP contribution in [0.1, 0.15) is 20.8 Å². The zero-order valence-corrected chi connectivity index (χ0v) is 13.8. The molecule has 118 valence electrons. The van der Waals surface area contributed by atoms with Crippen molar-refractivity contribution in [3.05, 3.63) is 24.4 Å². The molecule has 1 amide bonds. The SMILES string of the molecule is C[C@@H]1CN(C(=O)[C@H](C)Sc2nnc3ccccn23)C[C@H](C)O1. The Morgan fingerprint density at radius 2 is 2.05 bits per heavy atom. The van der Waals surface area contributed by atoms with Crippen molar-refractivity contribution >= 4 is 23.3 Å². The number of fused-ring (bicyclic) bond motifs is 1. The molecule has 1 aliphatic rings. The van der Waals surface area contributed by atoms with Crippen LogP contribution in [0.15, 0.2) is 29.6 Å². The number of hydrogen-bond acceptors (Lipinski definition) is 5. The zero-order valence-electron chi connectivity index (χ0n) is 13.0. The summed E-state index contributed by atoms with van der Waals surface area (Å²) in [5.74, 6) is 0.125. The van der Waals surface area contributed by atoms with Crippen LogP contribution in [0.2, 0.25) is 0 Å². The second-order valence-corrected chi connectivity index (χ2v) is 6.98. The predicted octanol–water partition coefficient (Wildman–Crippen LogP) is 1.85. The summed E-state index contributed by atoms with van der Waals surface area (Å²) in [6, 6.07) is 5.75. The Hall–Kier alpha value is -1.60. The summed E-state index contributed by atoms with van der Waals surface area (Å²) >= 11 is 1.44. The molecule has 0 bridgehead atoms. The second-order valence-electron chi connectivity index (χ2n) is 5.67. The third-order valence-electron chi connectivity index (χ3n) is 3.64. The molecule has 3 atom stereocenters. The van der Waals surface area contributed by atoms with Crippen molar-refractivity contribution in [2.75, 3.05) is 13.1 Å². The van der Waals surface area contributed by atoms with Gasteiger partial charge in [-0.15, -0.1) is 10.2 Å². The minimum absolute atomic E-state index is 0.0822. The Morgan fingerprint density at radius 3 is 2.77 bits per heavy atom. The van der Waals surface area contributed by atoms with Crippen molar-refractivity contribution in [1.82, 2.24) is 19.5 Å². The molecule has 1 fully saturated rings. The molecule has 3 heterocycles. The van der Waals surface area contributed by atoms with Crippen molar-refractivity contribution in [1.29, 1.82) is 0 Å². The molecule has 0 spiro atoms. The fourth-order valence-electron chi connectivity index (χ4n) is 2.72. The van der Waals surface area contributed by atoms with Crippen molar-refractivity contribution < 1.29 is 9.53 Å². The van der Waals surface area contributed by atoms with Crippen molar-refractivity contribution in [3.8, 4) is 0 Å². The molecule has 1 saturated heterocycles. The van der Waals surface area contributed by atoms with E-state index < -0.39 is 0 Å². The highest BCUT2D eigenvalue weighted by atomic mass is 32.2. The van der Waals surface area contributed by atoms with Gasteiger partial charge in [0.2, 0.25) is 5.91 Å². The van der Waals surface area contributed by atoms with E-state index in [1.165, 1.54) is 11.8 Å². The summed E-state index contributed by atoms with van der Waals surface area (Å²) in [4.78, 5) is 14.5. The number of thioether (sulfide) groups is 1. The molecule has 7 heteroatoms. The lowest BCUT2D eigenvalue weighted by Crippen LogP contribution is -2.50. The maximum absolute atomic E-state index is 12.6. The van der Waals surface area contributed by atoms with Gasteiger partial charge in [0.25, 0.3) is 0 Å². The molecule has 0 N–H and O–H groups in total. The van der Waals surface area contributed by atoms with Gasteiger partial charge in [-0.2, -0.15) is 0 Å². The van der Waals surface area contributed by atoms with Gasteiger partial charge in [-0.3, -0.25) is 9.20 Å². The Bertz CT molecular complexity index is 664. The van der Waals surface area contributed by atoms with E-state index in [4.69, 9.17) is 4.74 Å². The molecule has 0 saturated carbocycles. The number of nitrogens with zero attached hydrogens (tertiary/aromatic N) is 4. The third-order valence-corrected chi connectivity index (χ3v) is 4.69. The van der Waals surface area contributed by atoms with Gasteiger partial charge >= 0.3 is 0 Å². The van der Waals surface area contributed by atoms with Gasteiger partial charge < -0.3 is 9.64 Å². The quantitative estimate of drug-likeness (QED) is 0.808. The highest BCUT2D eigenvalue weighted by Gasteiger charge is 2.29. The fourth-order valence-corrected chi connectivity index (χ4v) is 3.65. The average Bonchev–Trinajstić information content (AvgIpc) is 2.89. The topological polar surface area (TPSA) is 59.7 Å². The Labute approximate surface area is 133 Å². The van der Waals surface area contributed by atoms with Gasteiger partial charge in [0.1, 0.15) is 0 Å². The molecular weight excluding hydrogens is 300 g/mol. The summed E-state index contributed by atoms with van der Waals surface area (Å²) in [5, 5.41) is 8.83. The van der Waals surface area contributed by atoms with E-state index in [-0.39, 0.29) is 23.4 Å². The zero-order chi connectivity index (χ0) is 15.7. The molecule has 22 heavy (non-hydrogen) atoms. The molecule has 3 rings (SSSR count). The summed E-state index contributed by atoms with van der Waals surface area (Å²) in [6.45, 7) is 7.21. The van der Waals surface area contributed by atoms with Crippen LogP contribution in [0, 0.1) is 0 Å².